The fourth-order valence-corrected chi connectivity index (χ4v) is 4.07. The van der Waals surface area contributed by atoms with Crippen LogP contribution in [0.4, 0.5) is 0 Å². The van der Waals surface area contributed by atoms with Gasteiger partial charge in [0.2, 0.25) is 0 Å². The van der Waals surface area contributed by atoms with Crippen molar-refractivity contribution < 1.29 is 9.47 Å². The van der Waals surface area contributed by atoms with Crippen LogP contribution < -0.4 is 20.1 Å². The summed E-state index contributed by atoms with van der Waals surface area (Å²) in [4.78, 5) is 9.59. The minimum Gasteiger partial charge on any atom is -0.490 e. The predicted molar refractivity (Wildman–Crippen MR) is 123 cm³/mol. The zero-order valence-electron chi connectivity index (χ0n) is 19.1. The van der Waals surface area contributed by atoms with Crippen molar-refractivity contribution in [3.8, 4) is 11.5 Å². The van der Waals surface area contributed by atoms with Crippen molar-refractivity contribution in [2.45, 2.75) is 45.7 Å². The Balaban J connectivity index is 1.58. The monoisotopic (exact) mass is 417 g/mol. The van der Waals surface area contributed by atoms with E-state index in [0.717, 1.165) is 49.0 Å². The lowest BCUT2D eigenvalue weighted by Gasteiger charge is -2.47. The Kier molecular flexibility index (Phi) is 8.63. The lowest BCUT2D eigenvalue weighted by atomic mass is 10.1. The molecule has 3 aliphatic rings. The molecule has 168 valence electrons. The van der Waals surface area contributed by atoms with Crippen LogP contribution in [-0.2, 0) is 0 Å². The van der Waals surface area contributed by atoms with Crippen molar-refractivity contribution in [2.75, 3.05) is 59.5 Å². The zero-order chi connectivity index (χ0) is 21.3. The number of nitrogens with zero attached hydrogens (tertiary/aromatic N) is 3. The maximum Gasteiger partial charge on any atom is 0.191 e. The lowest BCUT2D eigenvalue weighted by molar-refractivity contribution is 0.0154. The van der Waals surface area contributed by atoms with E-state index in [1.54, 1.807) is 0 Å². The lowest BCUT2D eigenvalue weighted by Crippen LogP contribution is -2.63. The Labute approximate surface area is 181 Å². The molecule has 0 aliphatic carbocycles. The molecule has 0 aromatic heterocycles. The molecule has 7 heteroatoms. The van der Waals surface area contributed by atoms with E-state index in [1.807, 2.05) is 13.1 Å². The average molecular weight is 418 g/mol. The Morgan fingerprint density at radius 1 is 1.10 bits per heavy atom. The zero-order valence-corrected chi connectivity index (χ0v) is 19.1. The number of benzene rings is 1. The van der Waals surface area contributed by atoms with Gasteiger partial charge in [-0.1, -0.05) is 19.9 Å². The summed E-state index contributed by atoms with van der Waals surface area (Å²) in [5, 5.41) is 7.05. The summed E-state index contributed by atoms with van der Waals surface area (Å²) in [5.41, 5.74) is 1.15. The number of ether oxygens (including phenoxy) is 2. The molecule has 1 aromatic carbocycles. The Morgan fingerprint density at radius 3 is 2.40 bits per heavy atom. The van der Waals surface area contributed by atoms with Crippen LogP contribution >= 0.6 is 0 Å². The van der Waals surface area contributed by atoms with Crippen molar-refractivity contribution in [1.82, 2.24) is 20.4 Å². The highest BCUT2D eigenvalue weighted by molar-refractivity contribution is 5.80. The van der Waals surface area contributed by atoms with Gasteiger partial charge in [-0.15, -0.1) is 0 Å². The van der Waals surface area contributed by atoms with E-state index >= 15 is 0 Å². The summed E-state index contributed by atoms with van der Waals surface area (Å²) in [6.07, 6.45) is 1.95. The van der Waals surface area contributed by atoms with Crippen LogP contribution in [0.15, 0.2) is 23.2 Å². The second-order valence-corrected chi connectivity index (χ2v) is 8.21. The van der Waals surface area contributed by atoms with Gasteiger partial charge in [0.05, 0.1) is 19.3 Å². The van der Waals surface area contributed by atoms with Gasteiger partial charge >= 0.3 is 0 Å². The number of nitrogens with one attached hydrogen (secondary N) is 2. The fourth-order valence-electron chi connectivity index (χ4n) is 4.07. The number of piperazine rings is 3. The van der Waals surface area contributed by atoms with E-state index in [1.165, 1.54) is 26.2 Å². The third-order valence-electron chi connectivity index (χ3n) is 5.87. The number of aliphatic imine (C=N–C) groups is 1. The maximum absolute atomic E-state index is 5.95. The van der Waals surface area contributed by atoms with Gasteiger partial charge in [0.25, 0.3) is 0 Å². The molecular formula is C23H39N5O2. The van der Waals surface area contributed by atoms with Gasteiger partial charge < -0.3 is 20.1 Å². The molecule has 3 heterocycles. The van der Waals surface area contributed by atoms with Gasteiger partial charge in [0.15, 0.2) is 17.5 Å². The van der Waals surface area contributed by atoms with Crippen LogP contribution in [0.1, 0.15) is 45.2 Å². The largest absolute Gasteiger partial charge is 0.490 e. The third kappa shape index (κ3) is 6.01. The molecule has 2 atom stereocenters. The molecule has 0 spiro atoms. The molecule has 0 amide bonds. The summed E-state index contributed by atoms with van der Waals surface area (Å²) in [7, 11) is 1.83. The number of hydrogen-bond acceptors (Lipinski definition) is 5. The first-order valence-corrected chi connectivity index (χ1v) is 11.5. The van der Waals surface area contributed by atoms with Gasteiger partial charge in [0, 0.05) is 52.4 Å². The minimum atomic E-state index is 0.104. The van der Waals surface area contributed by atoms with Crippen LogP contribution in [0, 0.1) is 0 Å². The van der Waals surface area contributed by atoms with E-state index < -0.39 is 0 Å². The first kappa shape index (κ1) is 22.7. The Morgan fingerprint density at radius 2 is 1.80 bits per heavy atom. The summed E-state index contributed by atoms with van der Waals surface area (Å²) in [6.45, 7) is 14.6. The quantitative estimate of drug-likeness (QED) is 0.451. The molecule has 30 heavy (non-hydrogen) atoms. The van der Waals surface area contributed by atoms with Crippen molar-refractivity contribution in [3.63, 3.8) is 0 Å². The Bertz CT molecular complexity index is 688. The normalized spacial score (nSPS) is 24.4. The van der Waals surface area contributed by atoms with Crippen molar-refractivity contribution in [2.24, 2.45) is 4.99 Å². The highest BCUT2D eigenvalue weighted by Gasteiger charge is 2.31. The summed E-state index contributed by atoms with van der Waals surface area (Å²) < 4.78 is 11.8. The first-order valence-electron chi connectivity index (χ1n) is 11.5. The summed E-state index contributed by atoms with van der Waals surface area (Å²) >= 11 is 0. The fraction of sp³-hybridized carbons (Fsp3) is 0.696. The second kappa shape index (κ2) is 11.4. The number of rotatable bonds is 10. The third-order valence-corrected chi connectivity index (χ3v) is 5.87. The van der Waals surface area contributed by atoms with E-state index in [-0.39, 0.29) is 6.04 Å². The smallest absolute Gasteiger partial charge is 0.191 e. The van der Waals surface area contributed by atoms with Gasteiger partial charge in [-0.05, 0) is 37.5 Å². The molecule has 2 unspecified atom stereocenters. The van der Waals surface area contributed by atoms with Crippen molar-refractivity contribution in [3.05, 3.63) is 23.8 Å². The van der Waals surface area contributed by atoms with Gasteiger partial charge in [-0.2, -0.15) is 0 Å². The van der Waals surface area contributed by atoms with Crippen LogP contribution in [-0.4, -0.2) is 81.3 Å². The number of guanidine groups is 1. The van der Waals surface area contributed by atoms with Crippen LogP contribution in [0.5, 0.6) is 11.5 Å². The number of hydrogen-bond donors (Lipinski definition) is 2. The average Bonchev–Trinajstić information content (AvgIpc) is 2.79. The topological polar surface area (TPSA) is 61.4 Å². The molecule has 3 saturated heterocycles. The molecule has 2 N–H and O–H groups in total. The SMILES string of the molecule is CCCOc1ccc(C(C)NC(=NC)NCC2CN3CCN2CC3)cc1OCCC. The van der Waals surface area contributed by atoms with Gasteiger partial charge in [0.1, 0.15) is 0 Å². The molecule has 3 aliphatic heterocycles. The standard InChI is InChI=1S/C23H39N5O2/c1-5-13-29-21-8-7-19(15-22(21)30-14-6-2)18(3)26-23(24-4)25-16-20-17-27-9-11-28(20)12-10-27/h7-8,15,18,20H,5-6,9-14,16-17H2,1-4H3,(H2,24,25,26). The van der Waals surface area contributed by atoms with Crippen LogP contribution in [0.25, 0.3) is 0 Å². The molecular weight excluding hydrogens is 378 g/mol. The molecule has 2 bridgehead atoms. The summed E-state index contributed by atoms with van der Waals surface area (Å²) in [6, 6.07) is 6.88. The Hall–Kier alpha value is -1.99. The highest BCUT2D eigenvalue weighted by atomic mass is 16.5. The van der Waals surface area contributed by atoms with Crippen molar-refractivity contribution in [1.29, 1.82) is 0 Å². The molecule has 4 rings (SSSR count). The molecule has 0 saturated carbocycles. The first-order chi connectivity index (χ1) is 14.6. The maximum atomic E-state index is 5.95. The molecule has 3 fully saturated rings. The van der Waals surface area contributed by atoms with Gasteiger partial charge in [-0.3, -0.25) is 14.8 Å². The highest BCUT2D eigenvalue weighted by Crippen LogP contribution is 2.31. The minimum absolute atomic E-state index is 0.104. The predicted octanol–water partition coefficient (Wildman–Crippen LogP) is 2.49. The number of fused-ring (bicyclic) bond motifs is 3. The van der Waals surface area contributed by atoms with Crippen LogP contribution in [0.3, 0.4) is 0 Å². The van der Waals surface area contributed by atoms with Gasteiger partial charge in [-0.25, -0.2) is 0 Å². The van der Waals surface area contributed by atoms with E-state index in [2.05, 4.69) is 58.3 Å². The van der Waals surface area contributed by atoms with Crippen molar-refractivity contribution >= 4 is 5.96 Å². The molecule has 0 radical (unpaired) electrons. The van der Waals surface area contributed by atoms with E-state index in [4.69, 9.17) is 9.47 Å². The molecule has 1 aromatic rings. The van der Waals surface area contributed by atoms with E-state index in [0.29, 0.717) is 19.3 Å². The second-order valence-electron chi connectivity index (χ2n) is 8.21. The van der Waals surface area contributed by atoms with Crippen LogP contribution in [0.2, 0.25) is 0 Å². The molecule has 7 nitrogen and oxygen atoms in total. The summed E-state index contributed by atoms with van der Waals surface area (Å²) in [5.74, 6) is 2.47. The van der Waals surface area contributed by atoms with E-state index in [9.17, 15) is 0 Å².